The molecule has 1 saturated heterocycles. The van der Waals surface area contributed by atoms with E-state index in [2.05, 4.69) is 0 Å². The standard InChI is InChI=1S/C33H34O4/c1-3-31(4-2)36-29(32(34,25-17-9-5-10-18-25)26-19-11-6-12-20-26)30(37-31)33(35,27-21-13-7-14-22-27)28-23-15-8-16-24-28/h5-24,29-30,34-35H,3-4H2,1-2H3. The molecule has 1 aliphatic rings. The largest absolute Gasteiger partial charge is 0.378 e. The third-order valence-electron chi connectivity index (χ3n) is 7.71. The van der Waals surface area contributed by atoms with Gasteiger partial charge in [0.1, 0.15) is 23.4 Å². The Hall–Kier alpha value is -3.28. The Morgan fingerprint density at radius 2 is 0.757 bits per heavy atom. The van der Waals surface area contributed by atoms with Gasteiger partial charge in [-0.05, 0) is 35.1 Å². The van der Waals surface area contributed by atoms with Crippen molar-refractivity contribution in [3.8, 4) is 0 Å². The van der Waals surface area contributed by atoms with Gasteiger partial charge in [-0.2, -0.15) is 0 Å². The lowest BCUT2D eigenvalue weighted by atomic mass is 9.72. The van der Waals surface area contributed by atoms with Crippen LogP contribution in [0.25, 0.3) is 0 Å². The average Bonchev–Trinajstić information content (AvgIpc) is 3.40. The minimum atomic E-state index is -1.60. The lowest BCUT2D eigenvalue weighted by Gasteiger charge is -2.42. The van der Waals surface area contributed by atoms with Crippen LogP contribution in [0, 0.1) is 0 Å². The molecule has 1 fully saturated rings. The van der Waals surface area contributed by atoms with Crippen molar-refractivity contribution < 1.29 is 19.7 Å². The van der Waals surface area contributed by atoms with E-state index in [1.807, 2.05) is 135 Å². The zero-order valence-electron chi connectivity index (χ0n) is 21.3. The molecule has 0 bridgehead atoms. The van der Waals surface area contributed by atoms with E-state index in [0.29, 0.717) is 35.1 Å². The highest BCUT2D eigenvalue weighted by Gasteiger charge is 2.62. The molecule has 0 aromatic heterocycles. The van der Waals surface area contributed by atoms with E-state index in [-0.39, 0.29) is 0 Å². The predicted octanol–water partition coefficient (Wildman–Crippen LogP) is 6.16. The van der Waals surface area contributed by atoms with Gasteiger partial charge in [-0.3, -0.25) is 0 Å². The van der Waals surface area contributed by atoms with Crippen LogP contribution in [0.5, 0.6) is 0 Å². The Bertz CT molecular complexity index is 1090. The summed E-state index contributed by atoms with van der Waals surface area (Å²) in [6, 6.07) is 38.1. The molecule has 1 aliphatic heterocycles. The molecule has 5 rings (SSSR count). The van der Waals surface area contributed by atoms with Gasteiger partial charge >= 0.3 is 0 Å². The van der Waals surface area contributed by atoms with E-state index in [0.717, 1.165) is 0 Å². The second-order valence-electron chi connectivity index (χ2n) is 9.69. The first-order valence-corrected chi connectivity index (χ1v) is 13.0. The monoisotopic (exact) mass is 494 g/mol. The van der Waals surface area contributed by atoms with Crippen molar-refractivity contribution in [1.29, 1.82) is 0 Å². The van der Waals surface area contributed by atoms with Gasteiger partial charge in [-0.25, -0.2) is 0 Å². The van der Waals surface area contributed by atoms with Crippen molar-refractivity contribution in [2.45, 2.75) is 55.9 Å². The molecule has 0 spiro atoms. The zero-order valence-corrected chi connectivity index (χ0v) is 21.3. The molecule has 4 heteroatoms. The Labute approximate surface area is 219 Å². The molecule has 190 valence electrons. The van der Waals surface area contributed by atoms with Crippen molar-refractivity contribution in [3.63, 3.8) is 0 Å². The number of hydrogen-bond acceptors (Lipinski definition) is 4. The second-order valence-corrected chi connectivity index (χ2v) is 9.69. The molecular formula is C33H34O4. The number of hydrogen-bond donors (Lipinski definition) is 2. The summed E-state index contributed by atoms with van der Waals surface area (Å²) < 4.78 is 13.6. The highest BCUT2D eigenvalue weighted by atomic mass is 16.8. The Kier molecular flexibility index (Phi) is 7.02. The fraction of sp³-hybridized carbons (Fsp3) is 0.273. The van der Waals surface area contributed by atoms with Crippen LogP contribution in [0.15, 0.2) is 121 Å². The molecule has 0 aliphatic carbocycles. The predicted molar refractivity (Wildman–Crippen MR) is 145 cm³/mol. The van der Waals surface area contributed by atoms with Crippen LogP contribution in [-0.4, -0.2) is 28.2 Å². The molecule has 0 amide bonds. The smallest absolute Gasteiger partial charge is 0.169 e. The molecule has 0 saturated carbocycles. The molecule has 4 aromatic carbocycles. The van der Waals surface area contributed by atoms with Crippen LogP contribution in [0.2, 0.25) is 0 Å². The van der Waals surface area contributed by atoms with Gasteiger partial charge in [0.25, 0.3) is 0 Å². The van der Waals surface area contributed by atoms with Crippen LogP contribution in [0.3, 0.4) is 0 Å². The maximum Gasteiger partial charge on any atom is 0.169 e. The van der Waals surface area contributed by atoms with Crippen molar-refractivity contribution in [2.24, 2.45) is 0 Å². The first-order valence-electron chi connectivity index (χ1n) is 13.0. The van der Waals surface area contributed by atoms with E-state index >= 15 is 0 Å². The SMILES string of the molecule is CCC1(CC)OC(C(O)(c2ccccc2)c2ccccc2)C(C(O)(c2ccccc2)c2ccccc2)O1. The summed E-state index contributed by atoms with van der Waals surface area (Å²) >= 11 is 0. The molecular weight excluding hydrogens is 460 g/mol. The molecule has 4 aromatic rings. The van der Waals surface area contributed by atoms with Crippen molar-refractivity contribution >= 4 is 0 Å². The van der Waals surface area contributed by atoms with Crippen LogP contribution < -0.4 is 0 Å². The Morgan fingerprint density at radius 1 is 0.514 bits per heavy atom. The summed E-state index contributed by atoms with van der Waals surface area (Å²) in [5.41, 5.74) is -0.511. The van der Waals surface area contributed by atoms with E-state index in [9.17, 15) is 10.2 Å². The van der Waals surface area contributed by atoms with E-state index in [1.165, 1.54) is 0 Å². The number of benzene rings is 4. The Balaban J connectivity index is 1.78. The van der Waals surface area contributed by atoms with E-state index in [1.54, 1.807) is 0 Å². The summed E-state index contributed by atoms with van der Waals surface area (Å²) in [5, 5.41) is 25.6. The minimum Gasteiger partial charge on any atom is -0.378 e. The maximum absolute atomic E-state index is 12.8. The maximum atomic E-state index is 12.8. The van der Waals surface area contributed by atoms with Gasteiger partial charge in [0.05, 0.1) is 0 Å². The molecule has 37 heavy (non-hydrogen) atoms. The normalized spacial score (nSPS) is 19.6. The summed E-state index contributed by atoms with van der Waals surface area (Å²) in [6.07, 6.45) is -0.726. The summed E-state index contributed by atoms with van der Waals surface area (Å²) in [7, 11) is 0. The van der Waals surface area contributed by atoms with Gasteiger partial charge in [0.2, 0.25) is 0 Å². The molecule has 2 atom stereocenters. The van der Waals surface area contributed by atoms with Crippen LogP contribution in [-0.2, 0) is 20.7 Å². The first kappa shape index (κ1) is 25.4. The lowest BCUT2D eigenvalue weighted by Crippen LogP contribution is -2.54. The highest BCUT2D eigenvalue weighted by molar-refractivity contribution is 5.43. The molecule has 2 N–H and O–H groups in total. The average molecular weight is 495 g/mol. The number of aliphatic hydroxyl groups is 2. The second kappa shape index (κ2) is 10.2. The van der Waals surface area contributed by atoms with Crippen molar-refractivity contribution in [3.05, 3.63) is 144 Å². The molecule has 4 nitrogen and oxygen atoms in total. The van der Waals surface area contributed by atoms with Gasteiger partial charge in [-0.15, -0.1) is 0 Å². The van der Waals surface area contributed by atoms with E-state index < -0.39 is 29.2 Å². The third kappa shape index (κ3) is 4.30. The topological polar surface area (TPSA) is 58.9 Å². The van der Waals surface area contributed by atoms with Crippen molar-refractivity contribution in [2.75, 3.05) is 0 Å². The minimum absolute atomic E-state index is 0.565. The van der Waals surface area contributed by atoms with Gasteiger partial charge in [-0.1, -0.05) is 135 Å². The van der Waals surface area contributed by atoms with Crippen molar-refractivity contribution in [1.82, 2.24) is 0 Å². The van der Waals surface area contributed by atoms with Crippen LogP contribution in [0.4, 0.5) is 0 Å². The van der Waals surface area contributed by atoms with E-state index in [4.69, 9.17) is 9.47 Å². The third-order valence-corrected chi connectivity index (χ3v) is 7.71. The van der Waals surface area contributed by atoms with Gasteiger partial charge in [0.15, 0.2) is 5.79 Å². The first-order chi connectivity index (χ1) is 18.0. The summed E-state index contributed by atoms with van der Waals surface area (Å²) in [6.45, 7) is 4.02. The van der Waals surface area contributed by atoms with Crippen LogP contribution >= 0.6 is 0 Å². The Morgan fingerprint density at radius 3 is 0.973 bits per heavy atom. The zero-order chi connectivity index (χ0) is 25.9. The van der Waals surface area contributed by atoms with Crippen LogP contribution in [0.1, 0.15) is 48.9 Å². The summed E-state index contributed by atoms with van der Waals surface area (Å²) in [4.78, 5) is 0. The quantitative estimate of drug-likeness (QED) is 0.308. The number of ether oxygens (including phenoxy) is 2. The fourth-order valence-electron chi connectivity index (χ4n) is 5.57. The van der Waals surface area contributed by atoms with Gasteiger partial charge in [0, 0.05) is 0 Å². The molecule has 0 radical (unpaired) electrons. The van der Waals surface area contributed by atoms with Gasteiger partial charge < -0.3 is 19.7 Å². The molecule has 1 heterocycles. The number of rotatable bonds is 8. The lowest BCUT2D eigenvalue weighted by molar-refractivity contribution is -0.200. The summed E-state index contributed by atoms with van der Waals surface area (Å²) in [5.74, 6) is -0.968. The highest BCUT2D eigenvalue weighted by Crippen LogP contribution is 2.51. The molecule has 2 unspecified atom stereocenters. The fourth-order valence-corrected chi connectivity index (χ4v) is 5.57.